The second kappa shape index (κ2) is 4.49. The molecule has 19 heavy (non-hydrogen) atoms. The molecule has 0 amide bonds. The molecule has 0 spiro atoms. The predicted octanol–water partition coefficient (Wildman–Crippen LogP) is 2.42. The van der Waals surface area contributed by atoms with Crippen molar-refractivity contribution in [1.29, 1.82) is 0 Å². The molecule has 2 aromatic rings. The Morgan fingerprint density at radius 2 is 2.16 bits per heavy atom. The molecule has 1 aliphatic heterocycles. The highest BCUT2D eigenvalue weighted by Gasteiger charge is 2.35. The summed E-state index contributed by atoms with van der Waals surface area (Å²) in [6.45, 7) is 5.61. The highest BCUT2D eigenvalue weighted by Crippen LogP contribution is 2.39. The van der Waals surface area contributed by atoms with Crippen molar-refractivity contribution >= 4 is 11.2 Å². The van der Waals surface area contributed by atoms with Crippen LogP contribution in [0, 0.1) is 5.41 Å². The highest BCUT2D eigenvalue weighted by molar-refractivity contribution is 5.71. The van der Waals surface area contributed by atoms with E-state index in [1.54, 1.807) is 7.11 Å². The van der Waals surface area contributed by atoms with Gasteiger partial charge in [-0.3, -0.25) is 0 Å². The van der Waals surface area contributed by atoms with Crippen molar-refractivity contribution in [1.82, 2.24) is 20.3 Å². The van der Waals surface area contributed by atoms with E-state index < -0.39 is 0 Å². The van der Waals surface area contributed by atoms with Gasteiger partial charge in [0.25, 0.3) is 0 Å². The number of aromatic nitrogens is 3. The second-order valence-electron chi connectivity index (χ2n) is 5.83. The normalized spacial score (nSPS) is 22.6. The van der Waals surface area contributed by atoms with E-state index in [9.17, 15) is 0 Å². The number of ether oxygens (including phenoxy) is 1. The molecule has 1 unspecified atom stereocenters. The summed E-state index contributed by atoms with van der Waals surface area (Å²) in [5.41, 5.74) is 1.88. The Morgan fingerprint density at radius 3 is 2.89 bits per heavy atom. The first-order valence-corrected chi connectivity index (χ1v) is 6.74. The van der Waals surface area contributed by atoms with Gasteiger partial charge in [0.1, 0.15) is 5.82 Å². The summed E-state index contributed by atoms with van der Waals surface area (Å²) >= 11 is 0. The van der Waals surface area contributed by atoms with Gasteiger partial charge in [-0.25, -0.2) is 4.98 Å². The fraction of sp³-hybridized carbons (Fsp3) is 0.571. The third kappa shape index (κ3) is 2.18. The molecule has 1 fully saturated rings. The van der Waals surface area contributed by atoms with Gasteiger partial charge in [-0.1, -0.05) is 13.8 Å². The molecule has 102 valence electrons. The molecule has 1 saturated heterocycles. The number of aromatic amines is 1. The van der Waals surface area contributed by atoms with Crippen LogP contribution in [0.25, 0.3) is 11.2 Å². The quantitative estimate of drug-likeness (QED) is 0.870. The Hall–Kier alpha value is -1.62. The zero-order chi connectivity index (χ0) is 13.5. The minimum Gasteiger partial charge on any atom is -0.481 e. The van der Waals surface area contributed by atoms with Gasteiger partial charge in [0.05, 0.1) is 18.7 Å². The standard InChI is InChI=1S/C14H20N4O/c1-14(2)7-4-8-15-11(14)13-16-9-5-6-10(19-3)17-12(9)18-13/h5-6,11,15H,4,7-8H2,1-3H3,(H,16,17,18). The maximum atomic E-state index is 5.14. The van der Waals surface area contributed by atoms with Gasteiger partial charge < -0.3 is 15.0 Å². The summed E-state index contributed by atoms with van der Waals surface area (Å²) < 4.78 is 5.14. The van der Waals surface area contributed by atoms with Crippen molar-refractivity contribution in [3.05, 3.63) is 18.0 Å². The molecule has 1 aliphatic rings. The molecule has 0 aliphatic carbocycles. The van der Waals surface area contributed by atoms with E-state index in [0.29, 0.717) is 5.88 Å². The Labute approximate surface area is 112 Å². The van der Waals surface area contributed by atoms with Gasteiger partial charge in [0.2, 0.25) is 5.88 Å². The molecular formula is C14H20N4O. The number of imidazole rings is 1. The van der Waals surface area contributed by atoms with Gasteiger partial charge in [-0.05, 0) is 30.9 Å². The van der Waals surface area contributed by atoms with Crippen molar-refractivity contribution in [2.45, 2.75) is 32.7 Å². The molecule has 0 radical (unpaired) electrons. The topological polar surface area (TPSA) is 62.8 Å². The maximum Gasteiger partial charge on any atom is 0.215 e. The third-order valence-corrected chi connectivity index (χ3v) is 3.95. The van der Waals surface area contributed by atoms with Crippen molar-refractivity contribution in [3.63, 3.8) is 0 Å². The van der Waals surface area contributed by atoms with Crippen molar-refractivity contribution < 1.29 is 4.74 Å². The molecule has 2 N–H and O–H groups in total. The molecule has 5 nitrogen and oxygen atoms in total. The first-order valence-electron chi connectivity index (χ1n) is 6.74. The van der Waals surface area contributed by atoms with Crippen LogP contribution in [0.5, 0.6) is 5.88 Å². The van der Waals surface area contributed by atoms with Gasteiger partial charge in [-0.2, -0.15) is 4.98 Å². The zero-order valence-corrected chi connectivity index (χ0v) is 11.7. The van der Waals surface area contributed by atoms with Gasteiger partial charge >= 0.3 is 0 Å². The Morgan fingerprint density at radius 1 is 1.32 bits per heavy atom. The lowest BCUT2D eigenvalue weighted by atomic mass is 9.77. The van der Waals surface area contributed by atoms with Crippen molar-refractivity contribution in [2.75, 3.05) is 13.7 Å². The monoisotopic (exact) mass is 260 g/mol. The van der Waals surface area contributed by atoms with Crippen LogP contribution < -0.4 is 10.1 Å². The Bertz CT molecular complexity index is 590. The van der Waals surface area contributed by atoms with Crippen LogP contribution >= 0.6 is 0 Å². The zero-order valence-electron chi connectivity index (χ0n) is 11.7. The van der Waals surface area contributed by atoms with Gasteiger partial charge in [0.15, 0.2) is 5.65 Å². The Kier molecular flexibility index (Phi) is 2.93. The minimum absolute atomic E-state index is 0.205. The molecule has 3 heterocycles. The number of pyridine rings is 1. The number of rotatable bonds is 2. The van der Waals surface area contributed by atoms with Crippen molar-refractivity contribution in [2.24, 2.45) is 5.41 Å². The van der Waals surface area contributed by atoms with E-state index in [2.05, 4.69) is 34.1 Å². The molecule has 1 atom stereocenters. The fourth-order valence-electron chi connectivity index (χ4n) is 2.82. The Balaban J connectivity index is 2.00. The van der Waals surface area contributed by atoms with Crippen LogP contribution in [-0.4, -0.2) is 28.6 Å². The number of hydrogen-bond acceptors (Lipinski definition) is 4. The van der Waals surface area contributed by atoms with E-state index in [-0.39, 0.29) is 11.5 Å². The first-order chi connectivity index (χ1) is 9.10. The molecule has 5 heteroatoms. The smallest absolute Gasteiger partial charge is 0.215 e. The number of hydrogen-bond donors (Lipinski definition) is 2. The summed E-state index contributed by atoms with van der Waals surface area (Å²) in [5, 5.41) is 3.56. The maximum absolute atomic E-state index is 5.14. The van der Waals surface area contributed by atoms with Crippen molar-refractivity contribution in [3.8, 4) is 5.88 Å². The van der Waals surface area contributed by atoms with E-state index in [1.165, 1.54) is 12.8 Å². The van der Waals surface area contributed by atoms with Gasteiger partial charge in [0, 0.05) is 6.07 Å². The van der Waals surface area contributed by atoms with E-state index in [0.717, 1.165) is 23.5 Å². The van der Waals surface area contributed by atoms with Crippen LogP contribution in [0.4, 0.5) is 0 Å². The summed E-state index contributed by atoms with van der Waals surface area (Å²) in [6.07, 6.45) is 2.42. The lowest BCUT2D eigenvalue weighted by Gasteiger charge is -2.38. The highest BCUT2D eigenvalue weighted by atomic mass is 16.5. The summed E-state index contributed by atoms with van der Waals surface area (Å²) in [6, 6.07) is 4.07. The molecule has 2 aromatic heterocycles. The van der Waals surface area contributed by atoms with E-state index in [1.807, 2.05) is 12.1 Å². The second-order valence-corrected chi connectivity index (χ2v) is 5.83. The summed E-state index contributed by atoms with van der Waals surface area (Å²) in [5.74, 6) is 1.57. The van der Waals surface area contributed by atoms with Crippen LogP contribution in [0.15, 0.2) is 12.1 Å². The van der Waals surface area contributed by atoms with E-state index in [4.69, 9.17) is 4.74 Å². The average molecular weight is 260 g/mol. The largest absolute Gasteiger partial charge is 0.481 e. The average Bonchev–Trinajstić information content (AvgIpc) is 2.80. The first kappa shape index (κ1) is 12.4. The molecular weight excluding hydrogens is 240 g/mol. The summed E-state index contributed by atoms with van der Waals surface area (Å²) in [4.78, 5) is 12.4. The molecule has 0 bridgehead atoms. The molecule has 3 rings (SSSR count). The van der Waals surface area contributed by atoms with Crippen LogP contribution in [-0.2, 0) is 0 Å². The molecule has 0 saturated carbocycles. The summed E-state index contributed by atoms with van der Waals surface area (Å²) in [7, 11) is 1.62. The van der Waals surface area contributed by atoms with Crippen LogP contribution in [0.1, 0.15) is 38.6 Å². The number of fused-ring (bicyclic) bond motifs is 1. The van der Waals surface area contributed by atoms with E-state index >= 15 is 0 Å². The van der Waals surface area contributed by atoms with Gasteiger partial charge in [-0.15, -0.1) is 0 Å². The number of H-pyrrole nitrogens is 1. The number of nitrogens with zero attached hydrogens (tertiary/aromatic N) is 2. The SMILES string of the molecule is COc1ccc2[nH]c(C3NCCCC3(C)C)nc2n1. The fourth-order valence-corrected chi connectivity index (χ4v) is 2.82. The third-order valence-electron chi connectivity index (χ3n) is 3.95. The molecule has 0 aromatic carbocycles. The lowest BCUT2D eigenvalue weighted by molar-refractivity contribution is 0.175. The minimum atomic E-state index is 0.205. The number of methoxy groups -OCH3 is 1. The number of nitrogens with one attached hydrogen (secondary N) is 2. The van der Waals surface area contributed by atoms with Crippen LogP contribution in [0.2, 0.25) is 0 Å². The predicted molar refractivity (Wildman–Crippen MR) is 74.2 cm³/mol. The number of piperidine rings is 1. The van der Waals surface area contributed by atoms with Crippen LogP contribution in [0.3, 0.4) is 0 Å². The lowest BCUT2D eigenvalue weighted by Crippen LogP contribution is -2.40.